The zero-order valence-corrected chi connectivity index (χ0v) is 10.4. The molecule has 1 aromatic rings. The average Bonchev–Trinajstić information content (AvgIpc) is 2.29. The van der Waals surface area contributed by atoms with Crippen LogP contribution in [0.4, 0.5) is 5.82 Å². The highest BCUT2D eigenvalue weighted by Gasteiger charge is 2.13. The second-order valence-electron chi connectivity index (χ2n) is 3.89. The molecule has 0 aliphatic carbocycles. The third-order valence-electron chi connectivity index (χ3n) is 2.57. The fourth-order valence-electron chi connectivity index (χ4n) is 1.67. The number of pyridine rings is 1. The lowest BCUT2D eigenvalue weighted by molar-refractivity contribution is 0.289. The Morgan fingerprint density at radius 2 is 2.24 bits per heavy atom. The van der Waals surface area contributed by atoms with Crippen LogP contribution in [0.15, 0.2) is 12.1 Å². The van der Waals surface area contributed by atoms with Crippen LogP contribution < -0.4 is 10.6 Å². The standard InChI is InChI=1S/C12H20N4O/c1-3-16(7-4-8-17)12-10(11(13)14)6-5-9(2)15-12/h5-6,17H,3-4,7-8H2,1-2H3,(H3,13,14). The fourth-order valence-corrected chi connectivity index (χ4v) is 1.67. The average molecular weight is 236 g/mol. The lowest BCUT2D eigenvalue weighted by Crippen LogP contribution is -2.29. The summed E-state index contributed by atoms with van der Waals surface area (Å²) in [5.41, 5.74) is 7.10. The van der Waals surface area contributed by atoms with E-state index < -0.39 is 0 Å². The van der Waals surface area contributed by atoms with E-state index >= 15 is 0 Å². The molecule has 5 nitrogen and oxygen atoms in total. The first-order valence-corrected chi connectivity index (χ1v) is 5.78. The summed E-state index contributed by atoms with van der Waals surface area (Å²) in [5, 5.41) is 16.4. The maximum absolute atomic E-state index is 8.88. The monoisotopic (exact) mass is 236 g/mol. The molecule has 0 aliphatic rings. The SMILES string of the molecule is CCN(CCCO)c1nc(C)ccc1C(=N)N. The molecule has 0 amide bonds. The summed E-state index contributed by atoms with van der Waals surface area (Å²) >= 11 is 0. The van der Waals surface area contributed by atoms with E-state index in [4.69, 9.17) is 16.2 Å². The molecule has 0 atom stereocenters. The molecule has 1 heterocycles. The minimum absolute atomic E-state index is 0.0231. The quantitative estimate of drug-likeness (QED) is 0.505. The molecular weight excluding hydrogens is 216 g/mol. The Morgan fingerprint density at radius 1 is 1.53 bits per heavy atom. The molecule has 0 saturated carbocycles. The number of hydrogen-bond donors (Lipinski definition) is 3. The number of aliphatic hydroxyl groups excluding tert-OH is 1. The van der Waals surface area contributed by atoms with Gasteiger partial charge in [0.1, 0.15) is 11.7 Å². The van der Waals surface area contributed by atoms with Crippen LogP contribution in [0.3, 0.4) is 0 Å². The van der Waals surface area contributed by atoms with Crippen molar-refractivity contribution in [2.75, 3.05) is 24.6 Å². The van der Waals surface area contributed by atoms with Crippen LogP contribution in [0.5, 0.6) is 0 Å². The number of nitrogen functional groups attached to an aromatic ring is 1. The smallest absolute Gasteiger partial charge is 0.139 e. The fraction of sp³-hybridized carbons (Fsp3) is 0.500. The second kappa shape index (κ2) is 6.20. The lowest BCUT2D eigenvalue weighted by atomic mass is 10.2. The molecule has 0 saturated heterocycles. The van der Waals surface area contributed by atoms with Crippen molar-refractivity contribution in [3.05, 3.63) is 23.4 Å². The van der Waals surface area contributed by atoms with Crippen LogP contribution in [0.2, 0.25) is 0 Å². The highest BCUT2D eigenvalue weighted by Crippen LogP contribution is 2.18. The summed E-state index contributed by atoms with van der Waals surface area (Å²) in [6, 6.07) is 3.67. The maximum atomic E-state index is 8.88. The van der Waals surface area contributed by atoms with E-state index in [0.29, 0.717) is 18.5 Å². The highest BCUT2D eigenvalue weighted by atomic mass is 16.3. The number of amidine groups is 1. The van der Waals surface area contributed by atoms with Crippen LogP contribution in [-0.2, 0) is 0 Å². The van der Waals surface area contributed by atoms with Crippen LogP contribution in [0.1, 0.15) is 24.6 Å². The predicted octanol–water partition coefficient (Wildman–Crippen LogP) is 0.883. The number of nitrogens with zero attached hydrogens (tertiary/aromatic N) is 2. The molecule has 0 bridgehead atoms. The van der Waals surface area contributed by atoms with E-state index in [-0.39, 0.29) is 12.4 Å². The molecule has 1 rings (SSSR count). The Balaban J connectivity index is 3.06. The molecule has 5 heteroatoms. The summed E-state index contributed by atoms with van der Waals surface area (Å²) in [4.78, 5) is 6.47. The van der Waals surface area contributed by atoms with Crippen molar-refractivity contribution < 1.29 is 5.11 Å². The number of rotatable bonds is 6. The van der Waals surface area contributed by atoms with Gasteiger partial charge in [0.15, 0.2) is 0 Å². The van der Waals surface area contributed by atoms with E-state index in [1.54, 1.807) is 0 Å². The lowest BCUT2D eigenvalue weighted by Gasteiger charge is -2.24. The molecule has 17 heavy (non-hydrogen) atoms. The zero-order valence-electron chi connectivity index (χ0n) is 10.4. The van der Waals surface area contributed by atoms with Crippen molar-refractivity contribution in [1.29, 1.82) is 5.41 Å². The van der Waals surface area contributed by atoms with Crippen LogP contribution in [-0.4, -0.2) is 35.6 Å². The van der Waals surface area contributed by atoms with E-state index in [0.717, 1.165) is 18.1 Å². The molecule has 4 N–H and O–H groups in total. The van der Waals surface area contributed by atoms with Crippen molar-refractivity contribution in [3.8, 4) is 0 Å². The third-order valence-corrected chi connectivity index (χ3v) is 2.57. The van der Waals surface area contributed by atoms with E-state index in [1.165, 1.54) is 0 Å². The third kappa shape index (κ3) is 3.42. The van der Waals surface area contributed by atoms with Gasteiger partial charge in [0.2, 0.25) is 0 Å². The normalized spacial score (nSPS) is 10.3. The Labute approximate surface area is 102 Å². The summed E-state index contributed by atoms with van der Waals surface area (Å²) in [7, 11) is 0. The number of hydrogen-bond acceptors (Lipinski definition) is 4. The van der Waals surface area contributed by atoms with Crippen molar-refractivity contribution in [1.82, 2.24) is 4.98 Å². The molecule has 94 valence electrons. The van der Waals surface area contributed by atoms with Gasteiger partial charge >= 0.3 is 0 Å². The first-order chi connectivity index (χ1) is 8.10. The van der Waals surface area contributed by atoms with Crippen molar-refractivity contribution >= 4 is 11.7 Å². The van der Waals surface area contributed by atoms with Gasteiger partial charge in [-0.25, -0.2) is 4.98 Å². The molecule has 0 aromatic carbocycles. The van der Waals surface area contributed by atoms with E-state index in [9.17, 15) is 0 Å². The predicted molar refractivity (Wildman–Crippen MR) is 69.6 cm³/mol. The summed E-state index contributed by atoms with van der Waals surface area (Å²) in [6.45, 7) is 5.57. The Hall–Kier alpha value is -1.62. The number of nitrogens with two attached hydrogens (primary N) is 1. The topological polar surface area (TPSA) is 86.2 Å². The van der Waals surface area contributed by atoms with Gasteiger partial charge in [-0.05, 0) is 32.4 Å². The number of aliphatic hydroxyl groups is 1. The number of nitrogens with one attached hydrogen (secondary N) is 1. The summed E-state index contributed by atoms with van der Waals surface area (Å²) < 4.78 is 0. The number of aryl methyl sites for hydroxylation is 1. The van der Waals surface area contributed by atoms with E-state index in [2.05, 4.69) is 4.98 Å². The molecule has 1 aromatic heterocycles. The molecule has 0 aliphatic heterocycles. The van der Waals surface area contributed by atoms with Crippen molar-refractivity contribution in [2.24, 2.45) is 5.73 Å². The van der Waals surface area contributed by atoms with Gasteiger partial charge in [0, 0.05) is 25.4 Å². The highest BCUT2D eigenvalue weighted by molar-refractivity contribution is 5.99. The molecule has 0 fully saturated rings. The zero-order chi connectivity index (χ0) is 12.8. The molecule has 0 unspecified atom stereocenters. The van der Waals surface area contributed by atoms with Gasteiger partial charge in [-0.2, -0.15) is 0 Å². The largest absolute Gasteiger partial charge is 0.396 e. The minimum Gasteiger partial charge on any atom is -0.396 e. The van der Waals surface area contributed by atoms with Gasteiger partial charge in [-0.3, -0.25) is 5.41 Å². The van der Waals surface area contributed by atoms with Crippen molar-refractivity contribution in [3.63, 3.8) is 0 Å². The van der Waals surface area contributed by atoms with Gasteiger partial charge < -0.3 is 15.7 Å². The van der Waals surface area contributed by atoms with Gasteiger partial charge in [0.05, 0.1) is 5.56 Å². The summed E-state index contributed by atoms with van der Waals surface area (Å²) in [6.07, 6.45) is 0.681. The summed E-state index contributed by atoms with van der Waals surface area (Å²) in [5.74, 6) is 0.753. The maximum Gasteiger partial charge on any atom is 0.139 e. The second-order valence-corrected chi connectivity index (χ2v) is 3.89. The Kier molecular flexibility index (Phi) is 4.90. The number of aromatic nitrogens is 1. The van der Waals surface area contributed by atoms with Crippen LogP contribution in [0.25, 0.3) is 0 Å². The Bertz CT molecular complexity index is 392. The molecule has 0 radical (unpaired) electrons. The van der Waals surface area contributed by atoms with Gasteiger partial charge in [0.25, 0.3) is 0 Å². The first kappa shape index (κ1) is 13.4. The van der Waals surface area contributed by atoms with Gasteiger partial charge in [-0.15, -0.1) is 0 Å². The van der Waals surface area contributed by atoms with Crippen LogP contribution >= 0.6 is 0 Å². The van der Waals surface area contributed by atoms with E-state index in [1.807, 2.05) is 30.9 Å². The molecular formula is C12H20N4O. The Morgan fingerprint density at radius 3 is 2.76 bits per heavy atom. The minimum atomic E-state index is 0.0231. The first-order valence-electron chi connectivity index (χ1n) is 5.78. The van der Waals surface area contributed by atoms with Crippen LogP contribution in [0, 0.1) is 12.3 Å². The van der Waals surface area contributed by atoms with Crippen molar-refractivity contribution in [2.45, 2.75) is 20.3 Å². The number of anilines is 1. The molecule has 0 spiro atoms. The van der Waals surface area contributed by atoms with Gasteiger partial charge in [-0.1, -0.05) is 0 Å².